The van der Waals surface area contributed by atoms with Crippen LogP contribution in [0.4, 0.5) is 0 Å². The van der Waals surface area contributed by atoms with Crippen molar-refractivity contribution in [1.82, 2.24) is 19.2 Å². The van der Waals surface area contributed by atoms with Gasteiger partial charge in [0.1, 0.15) is 0 Å². The second-order valence-electron chi connectivity index (χ2n) is 6.27. The van der Waals surface area contributed by atoms with E-state index in [1.165, 1.54) is 28.6 Å². The van der Waals surface area contributed by atoms with Crippen molar-refractivity contribution < 1.29 is 13.2 Å². The van der Waals surface area contributed by atoms with Crippen LogP contribution in [0, 0.1) is 0 Å². The Hall–Kier alpha value is -2.19. The maximum Gasteiger partial charge on any atom is 0.251 e. The number of hydrogen-bond donors (Lipinski definition) is 1. The first-order valence-electron chi connectivity index (χ1n) is 8.06. The molecule has 2 aromatic rings. The number of carbonyl (C=O) groups excluding carboxylic acids is 1. The average molecular weight is 364 g/mol. The zero-order valence-corrected chi connectivity index (χ0v) is 15.7. The standard InChI is InChI=1S/C17H24N4O3S/c1-13(2)20(4)25(23,24)16-7-5-15(6-8-16)17(22)19-14(3)11-21-10-9-18-12-21/h5-10,12-14H,11H2,1-4H3,(H,19,22). The lowest BCUT2D eigenvalue weighted by atomic mass is 10.2. The molecule has 0 aliphatic rings. The summed E-state index contributed by atoms with van der Waals surface area (Å²) in [5.41, 5.74) is 0.420. The van der Waals surface area contributed by atoms with E-state index in [-0.39, 0.29) is 22.9 Å². The minimum atomic E-state index is -3.55. The molecule has 0 radical (unpaired) electrons. The second-order valence-corrected chi connectivity index (χ2v) is 8.27. The molecule has 1 atom stereocenters. The summed E-state index contributed by atoms with van der Waals surface area (Å²) in [7, 11) is -2.01. The van der Waals surface area contributed by atoms with E-state index in [2.05, 4.69) is 10.3 Å². The summed E-state index contributed by atoms with van der Waals surface area (Å²) >= 11 is 0. The Morgan fingerprint density at radius 2 is 1.88 bits per heavy atom. The highest BCUT2D eigenvalue weighted by atomic mass is 32.2. The summed E-state index contributed by atoms with van der Waals surface area (Å²) in [5.74, 6) is -0.242. The van der Waals surface area contributed by atoms with Gasteiger partial charge >= 0.3 is 0 Å². The first-order valence-corrected chi connectivity index (χ1v) is 9.50. The summed E-state index contributed by atoms with van der Waals surface area (Å²) in [5, 5.41) is 2.89. The number of nitrogens with one attached hydrogen (secondary N) is 1. The minimum absolute atomic E-state index is 0.0859. The molecule has 0 fully saturated rings. The predicted molar refractivity (Wildman–Crippen MR) is 95.7 cm³/mol. The van der Waals surface area contributed by atoms with E-state index in [4.69, 9.17) is 0 Å². The smallest absolute Gasteiger partial charge is 0.251 e. The zero-order chi connectivity index (χ0) is 18.6. The Bertz CT molecular complexity index is 799. The van der Waals surface area contributed by atoms with Gasteiger partial charge in [0, 0.05) is 43.6 Å². The van der Waals surface area contributed by atoms with Gasteiger partial charge in [-0.1, -0.05) is 0 Å². The summed E-state index contributed by atoms with van der Waals surface area (Å²) in [6.45, 7) is 6.12. The van der Waals surface area contributed by atoms with Crippen molar-refractivity contribution in [2.45, 2.75) is 44.3 Å². The molecule has 1 heterocycles. The van der Waals surface area contributed by atoms with Crippen molar-refractivity contribution in [2.75, 3.05) is 7.05 Å². The van der Waals surface area contributed by atoms with Crippen LogP contribution >= 0.6 is 0 Å². The third kappa shape index (κ3) is 4.67. The molecule has 136 valence electrons. The maximum atomic E-state index is 12.4. The fraction of sp³-hybridized carbons (Fsp3) is 0.412. The van der Waals surface area contributed by atoms with Gasteiger partial charge in [-0.3, -0.25) is 4.79 Å². The normalized spacial score (nSPS) is 13.2. The largest absolute Gasteiger partial charge is 0.348 e. The van der Waals surface area contributed by atoms with E-state index >= 15 is 0 Å². The lowest BCUT2D eigenvalue weighted by molar-refractivity contribution is 0.0936. The van der Waals surface area contributed by atoms with Crippen LogP contribution in [0.5, 0.6) is 0 Å². The van der Waals surface area contributed by atoms with Crippen molar-refractivity contribution in [3.63, 3.8) is 0 Å². The summed E-state index contributed by atoms with van der Waals surface area (Å²) in [4.78, 5) is 16.4. The van der Waals surface area contributed by atoms with Gasteiger partial charge in [-0.05, 0) is 45.0 Å². The molecule has 7 nitrogen and oxygen atoms in total. The Morgan fingerprint density at radius 3 is 2.40 bits per heavy atom. The molecule has 2 rings (SSSR count). The number of imidazole rings is 1. The first-order chi connectivity index (χ1) is 11.7. The van der Waals surface area contributed by atoms with E-state index in [1.54, 1.807) is 33.4 Å². The molecule has 1 amide bonds. The highest BCUT2D eigenvalue weighted by Gasteiger charge is 2.23. The molecule has 1 aromatic carbocycles. The van der Waals surface area contributed by atoms with Gasteiger partial charge in [0.25, 0.3) is 5.91 Å². The van der Waals surface area contributed by atoms with Crippen molar-refractivity contribution >= 4 is 15.9 Å². The molecule has 0 spiro atoms. The van der Waals surface area contributed by atoms with E-state index in [9.17, 15) is 13.2 Å². The van der Waals surface area contributed by atoms with Gasteiger partial charge in [0.15, 0.2) is 0 Å². The van der Waals surface area contributed by atoms with Gasteiger partial charge in [-0.15, -0.1) is 0 Å². The molecular formula is C17H24N4O3S. The Morgan fingerprint density at radius 1 is 1.24 bits per heavy atom. The highest BCUT2D eigenvalue weighted by Crippen LogP contribution is 2.17. The fourth-order valence-electron chi connectivity index (χ4n) is 2.29. The number of sulfonamides is 1. The number of rotatable bonds is 7. The number of nitrogens with zero attached hydrogens (tertiary/aromatic N) is 3. The van der Waals surface area contributed by atoms with Gasteiger partial charge in [-0.25, -0.2) is 13.4 Å². The summed E-state index contributed by atoms with van der Waals surface area (Å²) in [6, 6.07) is 5.75. The van der Waals surface area contributed by atoms with Crippen LogP contribution in [0.25, 0.3) is 0 Å². The van der Waals surface area contributed by atoms with E-state index in [0.717, 1.165) is 0 Å². The lowest BCUT2D eigenvalue weighted by Crippen LogP contribution is -2.35. The van der Waals surface area contributed by atoms with Crippen LogP contribution in [0.2, 0.25) is 0 Å². The lowest BCUT2D eigenvalue weighted by Gasteiger charge is -2.21. The summed E-state index contributed by atoms with van der Waals surface area (Å²) in [6.07, 6.45) is 5.20. The minimum Gasteiger partial charge on any atom is -0.348 e. The molecule has 0 bridgehead atoms. The van der Waals surface area contributed by atoms with Gasteiger partial charge in [-0.2, -0.15) is 4.31 Å². The van der Waals surface area contributed by atoms with Crippen LogP contribution in [-0.4, -0.2) is 47.3 Å². The monoisotopic (exact) mass is 364 g/mol. The van der Waals surface area contributed by atoms with E-state index < -0.39 is 10.0 Å². The highest BCUT2D eigenvalue weighted by molar-refractivity contribution is 7.89. The first kappa shape index (κ1) is 19.1. The van der Waals surface area contributed by atoms with Crippen molar-refractivity contribution in [2.24, 2.45) is 0 Å². The molecule has 0 saturated carbocycles. The molecule has 0 saturated heterocycles. The molecule has 1 aromatic heterocycles. The molecule has 8 heteroatoms. The molecule has 1 unspecified atom stereocenters. The molecule has 0 aliphatic heterocycles. The molecule has 0 aliphatic carbocycles. The van der Waals surface area contributed by atoms with Crippen LogP contribution in [0.15, 0.2) is 47.9 Å². The molecular weight excluding hydrogens is 340 g/mol. The number of benzene rings is 1. The van der Waals surface area contributed by atoms with Crippen LogP contribution in [-0.2, 0) is 16.6 Å². The topological polar surface area (TPSA) is 84.3 Å². The van der Waals surface area contributed by atoms with Gasteiger partial charge in [0.05, 0.1) is 11.2 Å². The van der Waals surface area contributed by atoms with E-state index in [1.807, 2.05) is 17.7 Å². The van der Waals surface area contributed by atoms with Crippen molar-refractivity contribution in [3.8, 4) is 0 Å². The quantitative estimate of drug-likeness (QED) is 0.811. The summed E-state index contributed by atoms with van der Waals surface area (Å²) < 4.78 is 28.0. The van der Waals surface area contributed by atoms with Crippen LogP contribution in [0.1, 0.15) is 31.1 Å². The van der Waals surface area contributed by atoms with Crippen LogP contribution in [0.3, 0.4) is 0 Å². The predicted octanol–water partition coefficient (Wildman–Crippen LogP) is 1.73. The van der Waals surface area contributed by atoms with Crippen molar-refractivity contribution in [1.29, 1.82) is 0 Å². The number of amides is 1. The molecule has 25 heavy (non-hydrogen) atoms. The SMILES string of the molecule is CC(Cn1ccnc1)NC(=O)c1ccc(S(=O)(=O)N(C)C(C)C)cc1. The van der Waals surface area contributed by atoms with Crippen molar-refractivity contribution in [3.05, 3.63) is 48.5 Å². The van der Waals surface area contributed by atoms with Gasteiger partial charge < -0.3 is 9.88 Å². The second kappa shape index (κ2) is 7.79. The maximum absolute atomic E-state index is 12.4. The molecule has 1 N–H and O–H groups in total. The third-order valence-corrected chi connectivity index (χ3v) is 5.99. The fourth-order valence-corrected chi connectivity index (χ4v) is 3.65. The van der Waals surface area contributed by atoms with E-state index in [0.29, 0.717) is 12.1 Å². The number of aromatic nitrogens is 2. The average Bonchev–Trinajstić information content (AvgIpc) is 3.06. The Labute approximate surface area is 148 Å². The third-order valence-electron chi connectivity index (χ3n) is 3.94. The number of carbonyl (C=O) groups is 1. The Balaban J connectivity index is 2.05. The van der Waals surface area contributed by atoms with Crippen LogP contribution < -0.4 is 5.32 Å². The Kier molecular flexibility index (Phi) is 5.97. The number of hydrogen-bond acceptors (Lipinski definition) is 4. The zero-order valence-electron chi connectivity index (χ0n) is 14.9. The van der Waals surface area contributed by atoms with Gasteiger partial charge in [0.2, 0.25) is 10.0 Å².